The highest BCUT2D eigenvalue weighted by Crippen LogP contribution is 2.40. The average molecular weight is 324 g/mol. The van der Waals surface area contributed by atoms with Gasteiger partial charge in [-0.3, -0.25) is 4.79 Å². The molecule has 5 nitrogen and oxygen atoms in total. The minimum absolute atomic E-state index is 0.000139. The van der Waals surface area contributed by atoms with Crippen molar-refractivity contribution in [1.29, 1.82) is 0 Å². The van der Waals surface area contributed by atoms with E-state index in [4.69, 9.17) is 14.2 Å². The Bertz CT molecular complexity index is 566. The Morgan fingerprint density at radius 3 is 1.96 bits per heavy atom. The predicted molar refractivity (Wildman–Crippen MR) is 88.6 cm³/mol. The first-order valence-electron chi connectivity index (χ1n) is 7.85. The molecule has 0 amide bonds. The van der Waals surface area contributed by atoms with E-state index >= 15 is 0 Å². The van der Waals surface area contributed by atoms with Crippen molar-refractivity contribution in [2.75, 3.05) is 7.11 Å². The number of ether oxygens (including phenoxy) is 3. The number of rotatable bonds is 6. The zero-order chi connectivity index (χ0) is 17.9. The van der Waals surface area contributed by atoms with Crippen LogP contribution >= 0.6 is 0 Å². The summed E-state index contributed by atoms with van der Waals surface area (Å²) in [5.74, 6) is 0.0422. The molecule has 0 radical (unpaired) electrons. The summed E-state index contributed by atoms with van der Waals surface area (Å²) in [6, 6.07) is 0. The smallest absolute Gasteiger partial charge is 0.241 e. The Hall–Kier alpha value is -1.75. The Labute approximate surface area is 138 Å². The third-order valence-electron chi connectivity index (χ3n) is 3.75. The van der Waals surface area contributed by atoms with E-state index in [2.05, 4.69) is 0 Å². The minimum Gasteiger partial charge on any atom is -0.493 e. The number of hydrogen-bond donors (Lipinski definition) is 1. The van der Waals surface area contributed by atoms with Crippen molar-refractivity contribution in [3.05, 3.63) is 34.5 Å². The summed E-state index contributed by atoms with van der Waals surface area (Å²) in [6.07, 6.45) is 1.29. The van der Waals surface area contributed by atoms with Crippen LogP contribution in [-0.2, 0) is 19.0 Å². The lowest BCUT2D eigenvalue weighted by Crippen LogP contribution is -2.47. The van der Waals surface area contributed by atoms with Crippen molar-refractivity contribution in [2.45, 2.75) is 66.3 Å². The summed E-state index contributed by atoms with van der Waals surface area (Å²) in [6.45, 7) is 12.5. The fraction of sp³-hybridized carbons (Fsp3) is 0.611. The molecular formula is C18H28O5. The summed E-state index contributed by atoms with van der Waals surface area (Å²) in [5.41, 5.74) is -0.871. The number of aliphatic hydroxyl groups is 1. The second-order valence-electron chi connectivity index (χ2n) is 6.16. The Morgan fingerprint density at radius 1 is 1.09 bits per heavy atom. The highest BCUT2D eigenvalue weighted by atomic mass is 16.6. The first-order chi connectivity index (χ1) is 10.6. The Kier molecular flexibility index (Phi) is 6.05. The van der Waals surface area contributed by atoms with Crippen LogP contribution in [0.4, 0.5) is 0 Å². The lowest BCUT2D eigenvalue weighted by atomic mass is 9.78. The maximum atomic E-state index is 13.0. The van der Waals surface area contributed by atoms with Crippen molar-refractivity contribution in [2.24, 2.45) is 0 Å². The van der Waals surface area contributed by atoms with Crippen molar-refractivity contribution in [3.63, 3.8) is 0 Å². The van der Waals surface area contributed by atoms with E-state index < -0.39 is 11.4 Å². The van der Waals surface area contributed by atoms with Gasteiger partial charge in [0.25, 0.3) is 0 Å². The molecule has 0 saturated carbocycles. The van der Waals surface area contributed by atoms with Gasteiger partial charge in [-0.05, 0) is 54.0 Å². The zero-order valence-corrected chi connectivity index (χ0v) is 15.3. The van der Waals surface area contributed by atoms with Crippen LogP contribution in [0.3, 0.4) is 0 Å². The van der Waals surface area contributed by atoms with E-state index in [9.17, 15) is 9.90 Å². The molecule has 0 unspecified atom stereocenters. The fourth-order valence-corrected chi connectivity index (χ4v) is 2.49. The molecular weight excluding hydrogens is 296 g/mol. The van der Waals surface area contributed by atoms with Gasteiger partial charge in [0.15, 0.2) is 11.4 Å². The second-order valence-corrected chi connectivity index (χ2v) is 6.16. The van der Waals surface area contributed by atoms with E-state index in [1.54, 1.807) is 26.8 Å². The van der Waals surface area contributed by atoms with Gasteiger partial charge in [-0.1, -0.05) is 6.08 Å². The molecule has 1 N–H and O–H groups in total. The average Bonchev–Trinajstić information content (AvgIpc) is 2.48. The highest BCUT2D eigenvalue weighted by Gasteiger charge is 2.50. The number of carbonyl (C=O) groups is 1. The molecule has 0 spiro atoms. The largest absolute Gasteiger partial charge is 0.493 e. The van der Waals surface area contributed by atoms with Gasteiger partial charge in [0, 0.05) is 5.57 Å². The van der Waals surface area contributed by atoms with Crippen molar-refractivity contribution >= 4 is 5.78 Å². The number of Topliss-reactive ketones (excluding diaryl/α,β-unsaturated/α-hetero) is 1. The van der Waals surface area contributed by atoms with E-state index in [1.165, 1.54) is 7.11 Å². The van der Waals surface area contributed by atoms with E-state index in [0.29, 0.717) is 16.9 Å². The lowest BCUT2D eigenvalue weighted by molar-refractivity contribution is -0.133. The van der Waals surface area contributed by atoms with Crippen LogP contribution in [0, 0.1) is 0 Å². The summed E-state index contributed by atoms with van der Waals surface area (Å²) in [7, 11) is 1.48. The molecule has 1 rings (SSSR count). The number of hydrogen-bond acceptors (Lipinski definition) is 5. The van der Waals surface area contributed by atoms with Gasteiger partial charge >= 0.3 is 0 Å². The summed E-state index contributed by atoms with van der Waals surface area (Å²) in [5, 5.41) is 11.1. The van der Waals surface area contributed by atoms with Gasteiger partial charge in [-0.25, -0.2) is 0 Å². The standard InChI is InChI=1S/C18H28O5/c1-9-12(6)18(20)13(7)14(21-8)15(22-10(2)3)16(17(18)19)23-11(4)5/h9-11,20H,1-8H3/b12-9+/t18-/m0/s1. The molecule has 23 heavy (non-hydrogen) atoms. The van der Waals surface area contributed by atoms with Crippen LogP contribution in [-0.4, -0.2) is 35.8 Å². The predicted octanol–water partition coefficient (Wildman–Crippen LogP) is 3.25. The van der Waals surface area contributed by atoms with E-state index in [-0.39, 0.29) is 23.7 Å². The molecule has 1 aliphatic carbocycles. The molecule has 0 saturated heterocycles. The van der Waals surface area contributed by atoms with Gasteiger partial charge in [0.05, 0.1) is 19.3 Å². The molecule has 0 fully saturated rings. The van der Waals surface area contributed by atoms with Gasteiger partial charge in [-0.15, -0.1) is 0 Å². The molecule has 1 aliphatic rings. The van der Waals surface area contributed by atoms with Crippen LogP contribution in [0.15, 0.2) is 34.5 Å². The molecule has 0 aromatic heterocycles. The SMILES string of the molecule is C/C=C(\C)[C@@]1(O)C(=O)C(OC(C)C)=C(OC(C)C)C(OC)=C1C. The molecule has 0 aromatic carbocycles. The van der Waals surface area contributed by atoms with Gasteiger partial charge in [0.2, 0.25) is 17.3 Å². The molecule has 0 aliphatic heterocycles. The Morgan fingerprint density at radius 2 is 1.57 bits per heavy atom. The van der Waals surface area contributed by atoms with Crippen LogP contribution in [0.2, 0.25) is 0 Å². The van der Waals surface area contributed by atoms with Crippen LogP contribution in [0.1, 0.15) is 48.5 Å². The first-order valence-corrected chi connectivity index (χ1v) is 7.85. The number of carbonyl (C=O) groups excluding carboxylic acids is 1. The quantitative estimate of drug-likeness (QED) is 0.760. The van der Waals surface area contributed by atoms with Gasteiger partial charge in [0.1, 0.15) is 0 Å². The minimum atomic E-state index is -1.78. The third kappa shape index (κ3) is 3.44. The third-order valence-corrected chi connectivity index (χ3v) is 3.75. The van der Waals surface area contributed by atoms with Crippen LogP contribution < -0.4 is 0 Å². The zero-order valence-electron chi connectivity index (χ0n) is 15.3. The number of methoxy groups -OCH3 is 1. The maximum absolute atomic E-state index is 13.0. The maximum Gasteiger partial charge on any atom is 0.241 e. The second kappa shape index (κ2) is 7.21. The molecule has 130 valence electrons. The van der Waals surface area contributed by atoms with Crippen LogP contribution in [0.25, 0.3) is 0 Å². The molecule has 1 atom stereocenters. The van der Waals surface area contributed by atoms with Crippen molar-refractivity contribution in [3.8, 4) is 0 Å². The first kappa shape index (κ1) is 19.3. The molecule has 0 bridgehead atoms. The number of allylic oxidation sites excluding steroid dienone is 1. The fourth-order valence-electron chi connectivity index (χ4n) is 2.49. The monoisotopic (exact) mass is 324 g/mol. The number of ketones is 1. The normalized spacial score (nSPS) is 23.1. The van der Waals surface area contributed by atoms with Crippen molar-refractivity contribution < 1.29 is 24.1 Å². The van der Waals surface area contributed by atoms with Crippen LogP contribution in [0.5, 0.6) is 0 Å². The molecule has 5 heteroatoms. The Balaban J connectivity index is 3.67. The van der Waals surface area contributed by atoms with E-state index in [0.717, 1.165) is 0 Å². The highest BCUT2D eigenvalue weighted by molar-refractivity contribution is 6.07. The topological polar surface area (TPSA) is 65.0 Å². The molecule has 0 aromatic rings. The summed E-state index contributed by atoms with van der Waals surface area (Å²) >= 11 is 0. The summed E-state index contributed by atoms with van der Waals surface area (Å²) in [4.78, 5) is 13.0. The molecule has 0 heterocycles. The van der Waals surface area contributed by atoms with Crippen molar-refractivity contribution in [1.82, 2.24) is 0 Å². The van der Waals surface area contributed by atoms with E-state index in [1.807, 2.05) is 27.7 Å². The summed E-state index contributed by atoms with van der Waals surface area (Å²) < 4.78 is 16.9. The van der Waals surface area contributed by atoms with Gasteiger partial charge < -0.3 is 19.3 Å². The van der Waals surface area contributed by atoms with Gasteiger partial charge in [-0.2, -0.15) is 0 Å². The lowest BCUT2D eigenvalue weighted by Gasteiger charge is -2.36.